The molecule has 6 heteroatoms. The average molecular weight is 384 g/mol. The van der Waals surface area contributed by atoms with Crippen molar-refractivity contribution >= 4 is 0 Å². The second kappa shape index (κ2) is 8.41. The topological polar surface area (TPSA) is 47.9 Å². The van der Waals surface area contributed by atoms with Crippen molar-refractivity contribution in [2.45, 2.75) is 70.2 Å². The zero-order chi connectivity index (χ0) is 19.5. The van der Waals surface area contributed by atoms with E-state index in [1.54, 1.807) is 0 Å². The molecule has 1 aromatic carbocycles. The van der Waals surface area contributed by atoms with Gasteiger partial charge in [0.25, 0.3) is 0 Å². The van der Waals surface area contributed by atoms with Gasteiger partial charge in [-0.3, -0.25) is 0 Å². The average Bonchev–Trinajstić information content (AvgIpc) is 3.10. The molecule has 1 saturated carbocycles. The SMILES string of the molecule is CCCCOc1cc(F)c(CC(C)C2(O)CCC3(CC2)OCCO3)cc1F. The molecule has 2 aliphatic rings. The number of benzene rings is 1. The van der Waals surface area contributed by atoms with Crippen LogP contribution in [-0.4, -0.2) is 36.3 Å². The first kappa shape index (κ1) is 20.5. The third kappa shape index (κ3) is 4.61. The number of ether oxygens (including phenoxy) is 3. The van der Waals surface area contributed by atoms with Gasteiger partial charge < -0.3 is 19.3 Å². The standard InChI is InChI=1S/C21H30F2O4/c1-3-4-9-25-19-14-17(22)16(13-18(19)23)12-15(2)20(24)5-7-21(8-6-20)26-10-11-27-21/h13-15,24H,3-12H2,1-2H3. The van der Waals surface area contributed by atoms with Gasteiger partial charge in [0.1, 0.15) is 5.82 Å². The minimum atomic E-state index is -0.931. The summed E-state index contributed by atoms with van der Waals surface area (Å²) in [6, 6.07) is 2.32. The smallest absolute Gasteiger partial charge is 0.168 e. The molecule has 152 valence electrons. The molecule has 1 unspecified atom stereocenters. The van der Waals surface area contributed by atoms with Crippen LogP contribution in [0.4, 0.5) is 8.78 Å². The van der Waals surface area contributed by atoms with E-state index in [0.717, 1.165) is 18.9 Å². The molecule has 1 atom stereocenters. The monoisotopic (exact) mass is 384 g/mol. The maximum absolute atomic E-state index is 14.5. The Balaban J connectivity index is 1.63. The van der Waals surface area contributed by atoms with Crippen LogP contribution in [0.5, 0.6) is 5.75 Å². The molecule has 2 fully saturated rings. The largest absolute Gasteiger partial charge is 0.490 e. The van der Waals surface area contributed by atoms with Crippen molar-refractivity contribution in [3.8, 4) is 5.75 Å². The van der Waals surface area contributed by atoms with Crippen molar-refractivity contribution in [2.24, 2.45) is 5.92 Å². The number of aliphatic hydroxyl groups is 1. The molecule has 1 heterocycles. The van der Waals surface area contributed by atoms with Crippen LogP contribution in [-0.2, 0) is 15.9 Å². The van der Waals surface area contributed by atoms with E-state index in [-0.39, 0.29) is 23.7 Å². The van der Waals surface area contributed by atoms with E-state index in [1.807, 2.05) is 13.8 Å². The first-order valence-corrected chi connectivity index (χ1v) is 9.98. The van der Waals surface area contributed by atoms with E-state index < -0.39 is 23.0 Å². The van der Waals surface area contributed by atoms with Gasteiger partial charge in [-0.2, -0.15) is 0 Å². The fraction of sp³-hybridized carbons (Fsp3) is 0.714. The molecule has 1 spiro atoms. The first-order valence-electron chi connectivity index (χ1n) is 9.98. The van der Waals surface area contributed by atoms with Crippen molar-refractivity contribution in [3.05, 3.63) is 29.3 Å². The fourth-order valence-corrected chi connectivity index (χ4v) is 4.03. The minimum Gasteiger partial charge on any atom is -0.490 e. The summed E-state index contributed by atoms with van der Waals surface area (Å²) in [6.07, 6.45) is 4.28. The number of hydrogen-bond acceptors (Lipinski definition) is 4. The Bertz CT molecular complexity index is 633. The summed E-state index contributed by atoms with van der Waals surface area (Å²) in [7, 11) is 0. The summed E-state index contributed by atoms with van der Waals surface area (Å²) in [4.78, 5) is 0. The molecule has 1 saturated heterocycles. The van der Waals surface area contributed by atoms with Gasteiger partial charge in [0.05, 0.1) is 25.4 Å². The summed E-state index contributed by atoms with van der Waals surface area (Å²) in [5.41, 5.74) is -0.662. The highest BCUT2D eigenvalue weighted by Gasteiger charge is 2.47. The van der Waals surface area contributed by atoms with Gasteiger partial charge in [-0.1, -0.05) is 20.3 Å². The number of rotatable bonds is 7. The van der Waals surface area contributed by atoms with Crippen molar-refractivity contribution in [1.29, 1.82) is 0 Å². The van der Waals surface area contributed by atoms with Gasteiger partial charge in [-0.25, -0.2) is 8.78 Å². The van der Waals surface area contributed by atoms with Crippen LogP contribution >= 0.6 is 0 Å². The summed E-state index contributed by atoms with van der Waals surface area (Å²) in [6.45, 7) is 5.44. The maximum atomic E-state index is 14.5. The highest BCUT2D eigenvalue weighted by Crippen LogP contribution is 2.44. The fourth-order valence-electron chi connectivity index (χ4n) is 4.03. The molecule has 27 heavy (non-hydrogen) atoms. The maximum Gasteiger partial charge on any atom is 0.168 e. The van der Waals surface area contributed by atoms with Crippen LogP contribution in [0.3, 0.4) is 0 Å². The molecule has 1 N–H and O–H groups in total. The van der Waals surface area contributed by atoms with Crippen LogP contribution in [0, 0.1) is 17.6 Å². The lowest BCUT2D eigenvalue weighted by Gasteiger charge is -2.43. The quantitative estimate of drug-likeness (QED) is 0.709. The van der Waals surface area contributed by atoms with E-state index in [4.69, 9.17) is 14.2 Å². The van der Waals surface area contributed by atoms with Crippen molar-refractivity contribution < 1.29 is 28.1 Å². The molecule has 3 rings (SSSR count). The van der Waals surface area contributed by atoms with Crippen molar-refractivity contribution in [1.82, 2.24) is 0 Å². The lowest BCUT2D eigenvalue weighted by Crippen LogP contribution is -2.47. The number of halogens is 2. The molecular weight excluding hydrogens is 354 g/mol. The zero-order valence-electron chi connectivity index (χ0n) is 16.2. The molecule has 0 radical (unpaired) electrons. The van der Waals surface area contributed by atoms with Crippen molar-refractivity contribution in [3.63, 3.8) is 0 Å². The Kier molecular flexibility index (Phi) is 6.39. The second-order valence-electron chi connectivity index (χ2n) is 7.89. The Hall–Kier alpha value is -1.24. The second-order valence-corrected chi connectivity index (χ2v) is 7.89. The molecule has 1 aliphatic heterocycles. The highest BCUT2D eigenvalue weighted by atomic mass is 19.1. The summed E-state index contributed by atoms with van der Waals surface area (Å²) >= 11 is 0. The molecule has 0 bridgehead atoms. The van der Waals surface area contributed by atoms with Crippen LogP contribution in [0.15, 0.2) is 12.1 Å². The van der Waals surface area contributed by atoms with E-state index >= 15 is 0 Å². The number of unbranched alkanes of at least 4 members (excludes halogenated alkanes) is 1. The summed E-state index contributed by atoms with van der Waals surface area (Å²) < 4.78 is 45.4. The van der Waals surface area contributed by atoms with E-state index in [1.165, 1.54) is 6.07 Å². The van der Waals surface area contributed by atoms with E-state index in [9.17, 15) is 13.9 Å². The molecule has 4 nitrogen and oxygen atoms in total. The van der Waals surface area contributed by atoms with Crippen LogP contribution in [0.1, 0.15) is 57.9 Å². The predicted octanol–water partition coefficient (Wildman–Crippen LogP) is 4.37. The lowest BCUT2D eigenvalue weighted by atomic mass is 9.72. The third-order valence-electron chi connectivity index (χ3n) is 5.99. The summed E-state index contributed by atoms with van der Waals surface area (Å²) in [5, 5.41) is 11.1. The molecule has 1 aliphatic carbocycles. The highest BCUT2D eigenvalue weighted by molar-refractivity contribution is 5.31. The van der Waals surface area contributed by atoms with E-state index in [0.29, 0.717) is 45.5 Å². The first-order chi connectivity index (χ1) is 12.9. The Morgan fingerprint density at radius 1 is 1.11 bits per heavy atom. The van der Waals surface area contributed by atoms with Crippen LogP contribution < -0.4 is 4.74 Å². The van der Waals surface area contributed by atoms with Gasteiger partial charge in [-0.15, -0.1) is 0 Å². The normalized spacial score (nSPS) is 22.1. The van der Waals surface area contributed by atoms with Crippen molar-refractivity contribution in [2.75, 3.05) is 19.8 Å². The van der Waals surface area contributed by atoms with Gasteiger partial charge >= 0.3 is 0 Å². The van der Waals surface area contributed by atoms with Crippen LogP contribution in [0.2, 0.25) is 0 Å². The Morgan fingerprint density at radius 3 is 2.41 bits per heavy atom. The zero-order valence-corrected chi connectivity index (χ0v) is 16.2. The summed E-state index contributed by atoms with van der Waals surface area (Å²) in [5.74, 6) is -1.87. The Labute approximate surface area is 159 Å². The van der Waals surface area contributed by atoms with Gasteiger partial charge in [0, 0.05) is 18.9 Å². The minimum absolute atomic E-state index is 0.0498. The molecule has 1 aromatic rings. The third-order valence-corrected chi connectivity index (χ3v) is 5.99. The van der Waals surface area contributed by atoms with Crippen LogP contribution in [0.25, 0.3) is 0 Å². The van der Waals surface area contributed by atoms with Gasteiger partial charge in [-0.05, 0) is 43.2 Å². The number of hydrogen-bond donors (Lipinski definition) is 1. The van der Waals surface area contributed by atoms with E-state index in [2.05, 4.69) is 0 Å². The van der Waals surface area contributed by atoms with Gasteiger partial charge in [0.2, 0.25) is 0 Å². The molecular formula is C21H30F2O4. The molecule has 0 amide bonds. The molecule has 0 aromatic heterocycles. The van der Waals surface area contributed by atoms with Gasteiger partial charge in [0.15, 0.2) is 17.4 Å². The lowest BCUT2D eigenvalue weighted by molar-refractivity contribution is -0.209. The predicted molar refractivity (Wildman–Crippen MR) is 97.7 cm³/mol. The Morgan fingerprint density at radius 2 is 1.78 bits per heavy atom.